The molecule has 4 nitrogen and oxygen atoms in total. The van der Waals surface area contributed by atoms with Gasteiger partial charge in [-0.3, -0.25) is 0 Å². The maximum absolute atomic E-state index is 5.33. The molecule has 0 aliphatic carbocycles. The molecule has 0 saturated carbocycles. The first-order chi connectivity index (χ1) is 12.3. The Morgan fingerprint density at radius 2 is 1.92 bits per heavy atom. The zero-order chi connectivity index (χ0) is 17.5. The van der Waals surface area contributed by atoms with Gasteiger partial charge < -0.3 is 15.4 Å². The summed E-state index contributed by atoms with van der Waals surface area (Å²) in [5.41, 5.74) is 1.37. The number of thiocarbonyl (C=S) groups is 1. The lowest BCUT2D eigenvalue weighted by Gasteiger charge is -2.12. The molecule has 0 aliphatic heterocycles. The van der Waals surface area contributed by atoms with Crippen LogP contribution in [0, 0.1) is 0 Å². The number of methoxy groups -OCH3 is 1. The van der Waals surface area contributed by atoms with Crippen molar-refractivity contribution >= 4 is 33.9 Å². The van der Waals surface area contributed by atoms with E-state index in [0.29, 0.717) is 16.7 Å². The van der Waals surface area contributed by atoms with Crippen LogP contribution in [0.3, 0.4) is 0 Å². The van der Waals surface area contributed by atoms with Crippen molar-refractivity contribution in [3.63, 3.8) is 0 Å². The van der Waals surface area contributed by atoms with E-state index >= 15 is 0 Å². The number of anilines is 1. The first-order valence-electron chi connectivity index (χ1n) is 8.28. The van der Waals surface area contributed by atoms with E-state index in [4.69, 9.17) is 17.0 Å². The Balaban J connectivity index is 1.50. The minimum absolute atomic E-state index is 0.551. The number of hydrogen-bond donors (Lipinski definition) is 2. The molecule has 0 amide bonds. The molecule has 1 heterocycles. The Bertz CT molecular complexity index is 861. The van der Waals surface area contributed by atoms with E-state index in [1.807, 2.05) is 12.1 Å². The summed E-state index contributed by atoms with van der Waals surface area (Å²) >= 11 is 5.33. The summed E-state index contributed by atoms with van der Waals surface area (Å²) in [5.74, 6) is 1.29. The average molecular weight is 351 g/mol. The van der Waals surface area contributed by atoms with Crippen LogP contribution in [0.4, 0.5) is 5.82 Å². The minimum Gasteiger partial charge on any atom is -0.493 e. The van der Waals surface area contributed by atoms with Gasteiger partial charge >= 0.3 is 0 Å². The minimum atomic E-state index is 0.551. The number of nitrogens with one attached hydrogen (secondary N) is 2. The molecule has 3 rings (SSSR count). The van der Waals surface area contributed by atoms with E-state index in [1.54, 1.807) is 13.3 Å². The number of aromatic nitrogens is 1. The van der Waals surface area contributed by atoms with Crippen LogP contribution < -0.4 is 15.4 Å². The van der Waals surface area contributed by atoms with Crippen molar-refractivity contribution < 1.29 is 4.74 Å². The second-order valence-corrected chi connectivity index (χ2v) is 6.09. The van der Waals surface area contributed by atoms with Crippen LogP contribution in [0.15, 0.2) is 60.8 Å². The van der Waals surface area contributed by atoms with Crippen LogP contribution in [0.2, 0.25) is 0 Å². The Morgan fingerprint density at radius 1 is 1.08 bits per heavy atom. The van der Waals surface area contributed by atoms with Gasteiger partial charge in [-0.25, -0.2) is 4.98 Å². The molecule has 0 fully saturated rings. The fourth-order valence-electron chi connectivity index (χ4n) is 2.79. The molecular weight excluding hydrogens is 330 g/mol. The van der Waals surface area contributed by atoms with Crippen molar-refractivity contribution in [2.45, 2.75) is 12.8 Å². The second kappa shape index (κ2) is 8.44. The van der Waals surface area contributed by atoms with Gasteiger partial charge in [0.15, 0.2) is 16.7 Å². The van der Waals surface area contributed by atoms with E-state index < -0.39 is 0 Å². The van der Waals surface area contributed by atoms with Crippen LogP contribution in [0.5, 0.6) is 5.75 Å². The maximum atomic E-state index is 5.33. The van der Waals surface area contributed by atoms with Crippen LogP contribution in [-0.2, 0) is 6.42 Å². The van der Waals surface area contributed by atoms with Crippen molar-refractivity contribution in [2.75, 3.05) is 19.0 Å². The highest BCUT2D eigenvalue weighted by atomic mass is 32.1. The molecule has 0 aliphatic rings. The van der Waals surface area contributed by atoms with Crippen molar-refractivity contribution in [1.82, 2.24) is 10.3 Å². The molecule has 25 heavy (non-hydrogen) atoms. The third-order valence-electron chi connectivity index (χ3n) is 4.01. The third kappa shape index (κ3) is 4.45. The molecule has 128 valence electrons. The molecule has 3 aromatic rings. The number of ether oxygens (including phenoxy) is 1. The number of fused-ring (bicyclic) bond motifs is 1. The molecule has 2 N–H and O–H groups in total. The summed E-state index contributed by atoms with van der Waals surface area (Å²) in [6.45, 7) is 0.796. The van der Waals surface area contributed by atoms with Gasteiger partial charge in [0.2, 0.25) is 0 Å². The predicted octanol–water partition coefficient (Wildman–Crippen LogP) is 4.16. The zero-order valence-corrected chi connectivity index (χ0v) is 15.0. The Hall–Kier alpha value is -2.66. The molecule has 0 bridgehead atoms. The standard InChI is InChI=1S/C20H21N3OS/c1-24-18-12-6-13-21-19(18)23-20(25)22-14-5-10-16-9-4-8-15-7-2-3-11-17(15)16/h2-4,6-9,11-13H,5,10,14H2,1H3,(H2,21,22,23,25). The number of rotatable bonds is 6. The molecule has 0 radical (unpaired) electrons. The van der Waals surface area contributed by atoms with Crippen LogP contribution in [0.25, 0.3) is 10.8 Å². The van der Waals surface area contributed by atoms with E-state index in [1.165, 1.54) is 16.3 Å². The highest BCUT2D eigenvalue weighted by molar-refractivity contribution is 7.80. The monoisotopic (exact) mass is 351 g/mol. The van der Waals surface area contributed by atoms with Crippen molar-refractivity contribution in [3.05, 3.63) is 66.4 Å². The quantitative estimate of drug-likeness (QED) is 0.516. The first-order valence-corrected chi connectivity index (χ1v) is 8.69. The van der Waals surface area contributed by atoms with Gasteiger partial charge in [0, 0.05) is 12.7 Å². The van der Waals surface area contributed by atoms with Crippen LogP contribution in [0.1, 0.15) is 12.0 Å². The Kier molecular flexibility index (Phi) is 5.80. The van der Waals surface area contributed by atoms with Crippen molar-refractivity contribution in [2.24, 2.45) is 0 Å². The number of pyridine rings is 1. The number of hydrogen-bond acceptors (Lipinski definition) is 3. The SMILES string of the molecule is COc1cccnc1NC(=S)NCCCc1cccc2ccccc12. The van der Waals surface area contributed by atoms with Gasteiger partial charge in [-0.15, -0.1) is 0 Å². The lowest BCUT2D eigenvalue weighted by atomic mass is 10.0. The topological polar surface area (TPSA) is 46.2 Å². The zero-order valence-electron chi connectivity index (χ0n) is 14.2. The molecular formula is C20H21N3OS. The lowest BCUT2D eigenvalue weighted by molar-refractivity contribution is 0.415. The maximum Gasteiger partial charge on any atom is 0.174 e. The highest BCUT2D eigenvalue weighted by Crippen LogP contribution is 2.20. The Labute approximate surface area is 153 Å². The highest BCUT2D eigenvalue weighted by Gasteiger charge is 2.05. The summed E-state index contributed by atoms with van der Waals surface area (Å²) in [6, 6.07) is 18.6. The van der Waals surface area contributed by atoms with Crippen LogP contribution in [-0.4, -0.2) is 23.8 Å². The number of aryl methyl sites for hydroxylation is 1. The fourth-order valence-corrected chi connectivity index (χ4v) is 2.99. The van der Waals surface area contributed by atoms with Crippen LogP contribution >= 0.6 is 12.2 Å². The fraction of sp³-hybridized carbons (Fsp3) is 0.200. The molecule has 5 heteroatoms. The number of nitrogens with zero attached hydrogens (tertiary/aromatic N) is 1. The van der Waals surface area contributed by atoms with Gasteiger partial charge in [0.1, 0.15) is 0 Å². The predicted molar refractivity (Wildman–Crippen MR) is 107 cm³/mol. The van der Waals surface area contributed by atoms with Gasteiger partial charge in [-0.1, -0.05) is 42.5 Å². The van der Waals surface area contributed by atoms with E-state index in [-0.39, 0.29) is 0 Å². The van der Waals surface area contributed by atoms with E-state index in [0.717, 1.165) is 19.4 Å². The van der Waals surface area contributed by atoms with Crippen molar-refractivity contribution in [1.29, 1.82) is 0 Å². The lowest BCUT2D eigenvalue weighted by Crippen LogP contribution is -2.30. The van der Waals surface area contributed by atoms with Gasteiger partial charge in [0.05, 0.1) is 7.11 Å². The molecule has 0 saturated heterocycles. The summed E-state index contributed by atoms with van der Waals surface area (Å²) in [7, 11) is 1.61. The third-order valence-corrected chi connectivity index (χ3v) is 4.26. The molecule has 0 atom stereocenters. The molecule has 2 aromatic carbocycles. The summed E-state index contributed by atoms with van der Waals surface area (Å²) < 4.78 is 5.26. The number of benzene rings is 2. The largest absolute Gasteiger partial charge is 0.493 e. The second-order valence-electron chi connectivity index (χ2n) is 5.68. The molecule has 0 spiro atoms. The summed E-state index contributed by atoms with van der Waals surface area (Å²) in [5, 5.41) is 9.46. The first kappa shape index (κ1) is 17.2. The molecule has 1 aromatic heterocycles. The van der Waals surface area contributed by atoms with Gasteiger partial charge in [-0.05, 0) is 53.5 Å². The summed E-state index contributed by atoms with van der Waals surface area (Å²) in [6.07, 6.45) is 3.70. The normalized spacial score (nSPS) is 10.4. The molecule has 0 unspecified atom stereocenters. The Morgan fingerprint density at radius 3 is 2.80 bits per heavy atom. The smallest absolute Gasteiger partial charge is 0.174 e. The summed E-state index contributed by atoms with van der Waals surface area (Å²) in [4.78, 5) is 4.24. The van der Waals surface area contributed by atoms with E-state index in [2.05, 4.69) is 58.1 Å². The van der Waals surface area contributed by atoms with E-state index in [9.17, 15) is 0 Å². The average Bonchev–Trinajstić information content (AvgIpc) is 2.66. The van der Waals surface area contributed by atoms with Gasteiger partial charge in [-0.2, -0.15) is 0 Å². The van der Waals surface area contributed by atoms with Crippen molar-refractivity contribution in [3.8, 4) is 5.75 Å². The van der Waals surface area contributed by atoms with Gasteiger partial charge in [0.25, 0.3) is 0 Å².